The molecule has 0 unspecified atom stereocenters. The number of benzene rings is 3. The summed E-state index contributed by atoms with van der Waals surface area (Å²) in [5.74, 6) is 0.976. The molecule has 288 valence electrons. The molecule has 0 aliphatic heterocycles. The van der Waals surface area contributed by atoms with Crippen LogP contribution in [-0.2, 0) is 6.42 Å². The van der Waals surface area contributed by atoms with Crippen LogP contribution in [-0.4, -0.2) is 61.0 Å². The molecule has 4 N–H and O–H groups in total. The molecule has 0 spiro atoms. The summed E-state index contributed by atoms with van der Waals surface area (Å²) in [6.45, 7) is 10.7. The van der Waals surface area contributed by atoms with Crippen molar-refractivity contribution < 1.29 is 44.3 Å². The van der Waals surface area contributed by atoms with Gasteiger partial charge < -0.3 is 29.9 Å². The Bertz CT molecular complexity index is 2030. The van der Waals surface area contributed by atoms with Gasteiger partial charge in [-0.2, -0.15) is 0 Å². The average molecular weight is 749 g/mol. The topological polar surface area (TPSA) is 176 Å². The number of ether oxygens (including phenoxy) is 2. The van der Waals surface area contributed by atoms with Crippen LogP contribution in [0.4, 0.5) is 0 Å². The maximum atomic E-state index is 12.2. The molecule has 0 aliphatic carbocycles. The molecule has 5 aromatic rings. The van der Waals surface area contributed by atoms with Crippen LogP contribution >= 0.6 is 0 Å². The van der Waals surface area contributed by atoms with Crippen molar-refractivity contribution in [1.82, 2.24) is 9.97 Å². The number of phenolic OH excluding ortho intramolecular Hbond substituents is 4. The van der Waals surface area contributed by atoms with Gasteiger partial charge in [0.25, 0.3) is 0 Å². The van der Waals surface area contributed by atoms with Crippen LogP contribution in [0.25, 0.3) is 6.08 Å². The summed E-state index contributed by atoms with van der Waals surface area (Å²) in [7, 11) is 0. The van der Waals surface area contributed by atoms with Gasteiger partial charge in [0, 0.05) is 42.7 Å². The van der Waals surface area contributed by atoms with E-state index in [4.69, 9.17) is 19.7 Å². The van der Waals surface area contributed by atoms with E-state index in [0.717, 1.165) is 11.8 Å². The molecule has 0 aliphatic rings. The number of hydrogen-bond acceptors (Lipinski definition) is 11. The number of aryl methyl sites for hydroxylation is 1. The van der Waals surface area contributed by atoms with Gasteiger partial charge in [0.1, 0.15) is 34.5 Å². The Morgan fingerprint density at radius 1 is 0.655 bits per heavy atom. The molecule has 0 saturated heterocycles. The summed E-state index contributed by atoms with van der Waals surface area (Å²) in [4.78, 5) is 43.3. The van der Waals surface area contributed by atoms with E-state index in [9.17, 15) is 24.6 Å². The van der Waals surface area contributed by atoms with Gasteiger partial charge in [-0.15, -0.1) is 0 Å². The number of phenols is 4. The van der Waals surface area contributed by atoms with Gasteiger partial charge in [0.2, 0.25) is 0 Å². The van der Waals surface area contributed by atoms with Crippen molar-refractivity contribution in [1.29, 1.82) is 0 Å². The number of pyridine rings is 2. The second kappa shape index (κ2) is 21.9. The predicted octanol–water partition coefficient (Wildman–Crippen LogP) is 8.66. The molecule has 0 radical (unpaired) electrons. The van der Waals surface area contributed by atoms with Crippen LogP contribution in [0.3, 0.4) is 0 Å². The van der Waals surface area contributed by atoms with Crippen LogP contribution in [0, 0.1) is 11.8 Å². The molecule has 55 heavy (non-hydrogen) atoms. The second-order valence-corrected chi connectivity index (χ2v) is 13.2. The number of allylic oxidation sites excluding steroid dienone is 1. The summed E-state index contributed by atoms with van der Waals surface area (Å²) < 4.78 is 11.0. The third kappa shape index (κ3) is 15.2. The van der Waals surface area contributed by atoms with Crippen molar-refractivity contribution in [3.63, 3.8) is 0 Å². The molecule has 0 saturated carbocycles. The summed E-state index contributed by atoms with van der Waals surface area (Å²) in [5, 5.41) is 37.9. The maximum absolute atomic E-state index is 12.2. The number of aromatic hydroxyl groups is 4. The van der Waals surface area contributed by atoms with E-state index in [-0.39, 0.29) is 51.5 Å². The van der Waals surface area contributed by atoms with E-state index in [0.29, 0.717) is 60.6 Å². The number of carbonyl (C=O) groups is 3. The lowest BCUT2D eigenvalue weighted by atomic mass is 10.0. The molecule has 11 nitrogen and oxygen atoms in total. The smallest absolute Gasteiger partial charge is 0.189 e. The Hall–Kier alpha value is -6.49. The lowest BCUT2D eigenvalue weighted by Gasteiger charge is -2.10. The number of nitrogens with zero attached hydrogens (tertiary/aromatic N) is 2. The number of rotatable bonds is 14. The molecular formula is C44H48N2O9. The van der Waals surface area contributed by atoms with Crippen molar-refractivity contribution >= 4 is 23.4 Å². The van der Waals surface area contributed by atoms with E-state index < -0.39 is 0 Å². The van der Waals surface area contributed by atoms with Crippen molar-refractivity contribution in [3.8, 4) is 34.5 Å². The van der Waals surface area contributed by atoms with Crippen LogP contribution in [0.1, 0.15) is 83.5 Å². The minimum Gasteiger partial charge on any atom is -0.508 e. The minimum absolute atomic E-state index is 0.0349. The number of Topliss-reactive ketones (excluding diaryl/α,β-unsaturated/α-hetero) is 2. The number of ketones is 3. The van der Waals surface area contributed by atoms with Crippen LogP contribution in [0.2, 0.25) is 0 Å². The molecule has 2 heterocycles. The highest BCUT2D eigenvalue weighted by molar-refractivity contribution is 6.08. The van der Waals surface area contributed by atoms with Crippen molar-refractivity contribution in [2.45, 2.75) is 47.5 Å². The van der Waals surface area contributed by atoms with Gasteiger partial charge in [-0.25, -0.2) is 0 Å². The van der Waals surface area contributed by atoms with Crippen LogP contribution < -0.4 is 9.47 Å². The molecule has 0 bridgehead atoms. The molecule has 11 heteroatoms. The van der Waals surface area contributed by atoms with Crippen molar-refractivity contribution in [2.75, 3.05) is 13.2 Å². The number of aromatic nitrogens is 2. The first-order chi connectivity index (χ1) is 26.2. The zero-order chi connectivity index (χ0) is 40.3. The Kier molecular flexibility index (Phi) is 17.1. The quantitative estimate of drug-likeness (QED) is 0.0631. The van der Waals surface area contributed by atoms with Gasteiger partial charge >= 0.3 is 0 Å². The fourth-order valence-corrected chi connectivity index (χ4v) is 4.64. The SMILES string of the molecule is CC(=O)c1ccc(O)cc1O.CC(C)COc1ccc(C(=O)/C=C/c2ccccn2)c(O)c1.CC(C)COc1ccc(C(=O)CCc2ccccn2)c(O)c1. The summed E-state index contributed by atoms with van der Waals surface area (Å²) in [6, 6.07) is 24.5. The molecule has 3 aromatic carbocycles. The van der Waals surface area contributed by atoms with Crippen LogP contribution in [0.5, 0.6) is 34.5 Å². The fraction of sp³-hybridized carbons (Fsp3) is 0.250. The number of carbonyl (C=O) groups excluding carboxylic acids is 3. The summed E-state index contributed by atoms with van der Waals surface area (Å²) in [6.07, 6.45) is 7.25. The van der Waals surface area contributed by atoms with E-state index in [1.807, 2.05) is 38.1 Å². The Morgan fingerprint density at radius 3 is 1.69 bits per heavy atom. The average Bonchev–Trinajstić information content (AvgIpc) is 3.15. The van der Waals surface area contributed by atoms with Gasteiger partial charge in [-0.05, 0) is 98.0 Å². The largest absolute Gasteiger partial charge is 0.508 e. The first-order valence-electron chi connectivity index (χ1n) is 17.7. The monoisotopic (exact) mass is 748 g/mol. The molecule has 0 amide bonds. The van der Waals surface area contributed by atoms with E-state index in [1.54, 1.807) is 54.9 Å². The third-order valence-corrected chi connectivity index (χ3v) is 7.46. The highest BCUT2D eigenvalue weighted by Crippen LogP contribution is 2.27. The first kappa shape index (κ1) is 42.9. The highest BCUT2D eigenvalue weighted by Gasteiger charge is 2.13. The predicted molar refractivity (Wildman–Crippen MR) is 211 cm³/mol. The molecule has 0 fully saturated rings. The minimum atomic E-state index is -0.279. The fourth-order valence-electron chi connectivity index (χ4n) is 4.64. The van der Waals surface area contributed by atoms with Crippen molar-refractivity contribution in [2.24, 2.45) is 11.8 Å². The van der Waals surface area contributed by atoms with Crippen LogP contribution in [0.15, 0.2) is 109 Å². The zero-order valence-corrected chi connectivity index (χ0v) is 31.7. The van der Waals surface area contributed by atoms with Crippen molar-refractivity contribution in [3.05, 3.63) is 138 Å². The second-order valence-electron chi connectivity index (χ2n) is 13.2. The first-order valence-corrected chi connectivity index (χ1v) is 17.7. The third-order valence-electron chi connectivity index (χ3n) is 7.46. The van der Waals surface area contributed by atoms with Gasteiger partial charge in [-0.1, -0.05) is 39.8 Å². The Labute approximate surface area is 321 Å². The zero-order valence-electron chi connectivity index (χ0n) is 31.7. The Balaban J connectivity index is 0.000000234. The summed E-state index contributed by atoms with van der Waals surface area (Å²) in [5.41, 5.74) is 2.35. The molecular weight excluding hydrogens is 700 g/mol. The lowest BCUT2D eigenvalue weighted by molar-refractivity contribution is 0.0977. The Morgan fingerprint density at radius 2 is 1.20 bits per heavy atom. The van der Waals surface area contributed by atoms with Gasteiger partial charge in [0.05, 0.1) is 35.6 Å². The maximum Gasteiger partial charge on any atom is 0.189 e. The van der Waals surface area contributed by atoms with Gasteiger partial charge in [-0.3, -0.25) is 24.4 Å². The molecule has 5 rings (SSSR count). The summed E-state index contributed by atoms with van der Waals surface area (Å²) >= 11 is 0. The van der Waals surface area contributed by atoms with Gasteiger partial charge in [0.15, 0.2) is 17.3 Å². The molecule has 0 atom stereocenters. The standard InChI is InChI=1S/C18H21NO3.C18H19NO3.C8H8O3/c2*1-13(2)12-22-15-7-8-16(18(21)11-15)17(20)9-6-14-5-3-4-10-19-14;1-5(9)7-3-2-6(10)4-8(7)11/h3-5,7-8,10-11,13,21H,6,9,12H2,1-2H3;3-11,13,21H,12H2,1-2H3;2-4,10-11H,1H3/b;9-6+;. The van der Waals surface area contributed by atoms with E-state index in [2.05, 4.69) is 23.8 Å². The van der Waals surface area contributed by atoms with E-state index >= 15 is 0 Å². The highest BCUT2D eigenvalue weighted by atomic mass is 16.5. The normalized spacial score (nSPS) is 10.6. The lowest BCUT2D eigenvalue weighted by Crippen LogP contribution is -2.06. The molecule has 2 aromatic heterocycles. The number of hydrogen-bond donors (Lipinski definition) is 4. The van der Waals surface area contributed by atoms with E-state index in [1.165, 1.54) is 37.3 Å².